The highest BCUT2D eigenvalue weighted by molar-refractivity contribution is 7.99. The molecule has 7 nitrogen and oxygen atoms in total. The summed E-state index contributed by atoms with van der Waals surface area (Å²) in [7, 11) is 1.63. The van der Waals surface area contributed by atoms with Crippen LogP contribution >= 0.6 is 11.8 Å². The summed E-state index contributed by atoms with van der Waals surface area (Å²) in [5.74, 6) is -0.129. The number of aromatic nitrogens is 1. The first-order valence-corrected chi connectivity index (χ1v) is 16.6. The van der Waals surface area contributed by atoms with Gasteiger partial charge in [0.2, 0.25) is 0 Å². The molecule has 0 aliphatic rings. The number of hydrogen-bond donors (Lipinski definition) is 3. The lowest BCUT2D eigenvalue weighted by atomic mass is 10.1. The second-order valence-corrected chi connectivity index (χ2v) is 11.7. The van der Waals surface area contributed by atoms with Crippen LogP contribution in [0.15, 0.2) is 82.7 Å². The van der Waals surface area contributed by atoms with Gasteiger partial charge < -0.3 is 25.5 Å². The van der Waals surface area contributed by atoms with Crippen molar-refractivity contribution in [2.24, 2.45) is 0 Å². The summed E-state index contributed by atoms with van der Waals surface area (Å²) in [4.78, 5) is 18.5. The number of benzene rings is 2. The van der Waals surface area contributed by atoms with Crippen molar-refractivity contribution in [3.8, 4) is 0 Å². The molecule has 1 heterocycles. The molecule has 0 aliphatic carbocycles. The molecule has 8 heteroatoms. The number of unbranched alkanes of at least 4 members (excludes halogenated alkanes) is 9. The van der Waals surface area contributed by atoms with E-state index in [0.717, 1.165) is 33.2 Å². The minimum atomic E-state index is -0.129. The van der Waals surface area contributed by atoms with Crippen molar-refractivity contribution in [2.75, 3.05) is 32.5 Å². The second kappa shape index (κ2) is 21.3. The molecule has 0 saturated heterocycles. The van der Waals surface area contributed by atoms with Crippen molar-refractivity contribution < 1.29 is 14.3 Å². The molecule has 0 radical (unpaired) electrons. The van der Waals surface area contributed by atoms with E-state index in [1.807, 2.05) is 66.7 Å². The van der Waals surface area contributed by atoms with Gasteiger partial charge in [-0.2, -0.15) is 0 Å². The largest absolute Gasteiger partial charge is 0.362 e. The van der Waals surface area contributed by atoms with Crippen molar-refractivity contribution in [1.29, 1.82) is 5.41 Å². The number of hydrogen-bond acceptors (Lipinski definition) is 7. The smallest absolute Gasteiger partial charge is 0.252 e. The Kier molecular flexibility index (Phi) is 16.9. The normalized spacial score (nSPS) is 11.1. The fourth-order valence-corrected chi connectivity index (χ4v) is 5.67. The molecule has 3 aromatic rings. The summed E-state index contributed by atoms with van der Waals surface area (Å²) >= 11 is 1.50. The Labute approximate surface area is 267 Å². The third-order valence-corrected chi connectivity index (χ3v) is 8.22. The third kappa shape index (κ3) is 13.0. The molecule has 3 N–H and O–H groups in total. The van der Waals surface area contributed by atoms with Crippen LogP contribution in [-0.4, -0.2) is 43.8 Å². The Bertz CT molecular complexity index is 1300. The number of allylic oxidation sites excluding steroid dienone is 1. The molecule has 0 spiro atoms. The molecule has 1 aromatic heterocycles. The van der Waals surface area contributed by atoms with Crippen molar-refractivity contribution in [3.05, 3.63) is 89.8 Å². The molecular weight excluding hydrogens is 568 g/mol. The first-order valence-electron chi connectivity index (χ1n) is 15.8. The van der Waals surface area contributed by atoms with E-state index < -0.39 is 0 Å². The number of pyridine rings is 1. The highest BCUT2D eigenvalue weighted by atomic mass is 32.2. The van der Waals surface area contributed by atoms with Crippen molar-refractivity contribution in [3.63, 3.8) is 0 Å². The number of rotatable bonds is 22. The quantitative estimate of drug-likeness (QED) is 0.0592. The van der Waals surface area contributed by atoms with E-state index in [-0.39, 0.29) is 19.4 Å². The van der Waals surface area contributed by atoms with Crippen LogP contribution in [0.2, 0.25) is 0 Å². The van der Waals surface area contributed by atoms with E-state index in [1.165, 1.54) is 69.5 Å². The Balaban J connectivity index is 1.51. The Morgan fingerprint density at radius 1 is 0.886 bits per heavy atom. The lowest BCUT2D eigenvalue weighted by Crippen LogP contribution is -2.18. The molecule has 44 heavy (non-hydrogen) atoms. The van der Waals surface area contributed by atoms with Gasteiger partial charge in [-0.15, -0.1) is 0 Å². The van der Waals surface area contributed by atoms with Gasteiger partial charge in [0.25, 0.3) is 5.91 Å². The van der Waals surface area contributed by atoms with Crippen LogP contribution in [0.25, 0.3) is 6.08 Å². The van der Waals surface area contributed by atoms with Crippen LogP contribution in [0.3, 0.4) is 0 Å². The fourth-order valence-electron chi connectivity index (χ4n) is 4.69. The van der Waals surface area contributed by atoms with Crippen LogP contribution in [0.5, 0.6) is 0 Å². The van der Waals surface area contributed by atoms with Gasteiger partial charge in [-0.3, -0.25) is 9.78 Å². The molecule has 0 unspecified atom stereocenters. The van der Waals surface area contributed by atoms with Gasteiger partial charge in [0.05, 0.1) is 17.0 Å². The Hall–Kier alpha value is -3.46. The summed E-state index contributed by atoms with van der Waals surface area (Å²) in [6.45, 7) is 3.41. The lowest BCUT2D eigenvalue weighted by Gasteiger charge is -2.15. The highest BCUT2D eigenvalue weighted by Crippen LogP contribution is 2.33. The molecule has 0 aliphatic heterocycles. The van der Waals surface area contributed by atoms with Gasteiger partial charge in [-0.1, -0.05) is 94.7 Å². The number of carbonyl (C=O) groups is 1. The summed E-state index contributed by atoms with van der Waals surface area (Å²) < 4.78 is 11.4. The molecule has 2 aromatic carbocycles. The lowest BCUT2D eigenvalue weighted by molar-refractivity contribution is -0.0484. The maximum absolute atomic E-state index is 12.4. The molecule has 0 atom stereocenters. The maximum Gasteiger partial charge on any atom is 0.252 e. The van der Waals surface area contributed by atoms with E-state index in [4.69, 9.17) is 14.9 Å². The number of carbonyl (C=O) groups excluding carboxylic acids is 1. The van der Waals surface area contributed by atoms with Gasteiger partial charge in [0, 0.05) is 40.9 Å². The van der Waals surface area contributed by atoms with Crippen LogP contribution in [-0.2, 0) is 9.47 Å². The van der Waals surface area contributed by atoms with Crippen molar-refractivity contribution in [2.45, 2.75) is 80.9 Å². The van der Waals surface area contributed by atoms with Gasteiger partial charge in [0.15, 0.2) is 0 Å². The van der Waals surface area contributed by atoms with Crippen LogP contribution < -0.4 is 10.6 Å². The number of anilines is 1. The standard InChI is InChI=1S/C36H48N4O3S/c1-3-4-5-6-7-8-9-10-11-16-25-42-28-43-27-40-34-26-30(44-35-19-13-12-18-32(35)36(41)38-2)21-22-31(34)33(37)23-20-29-17-14-15-24-39-29/h12-15,17-24,26,37,40H,3-11,16,25,27-28H2,1-2H3,(H,38,41)/b23-20+,37-33?. The van der Waals surface area contributed by atoms with Crippen LogP contribution in [0.4, 0.5) is 5.69 Å². The molecule has 0 saturated carbocycles. The highest BCUT2D eigenvalue weighted by Gasteiger charge is 2.13. The first-order chi connectivity index (χ1) is 21.6. The summed E-state index contributed by atoms with van der Waals surface area (Å²) in [5, 5.41) is 14.8. The Morgan fingerprint density at radius 3 is 2.34 bits per heavy atom. The second-order valence-electron chi connectivity index (χ2n) is 10.6. The molecule has 3 rings (SSSR count). The third-order valence-electron chi connectivity index (χ3n) is 7.15. The Morgan fingerprint density at radius 2 is 1.61 bits per heavy atom. The first kappa shape index (κ1) is 35.0. The fraction of sp³-hybridized carbons (Fsp3) is 0.417. The average molecular weight is 617 g/mol. The van der Waals surface area contributed by atoms with E-state index in [0.29, 0.717) is 17.9 Å². The number of nitrogens with one attached hydrogen (secondary N) is 3. The number of ether oxygens (including phenoxy) is 2. The topological polar surface area (TPSA) is 96.3 Å². The van der Waals surface area contributed by atoms with E-state index in [1.54, 1.807) is 19.3 Å². The minimum absolute atomic E-state index is 0.129. The van der Waals surface area contributed by atoms with Crippen LogP contribution in [0, 0.1) is 5.41 Å². The minimum Gasteiger partial charge on any atom is -0.362 e. The molecule has 0 bridgehead atoms. The molecule has 0 fully saturated rings. The zero-order chi connectivity index (χ0) is 31.2. The predicted molar refractivity (Wildman–Crippen MR) is 183 cm³/mol. The SMILES string of the molecule is CCCCCCCCCCCCOCOCNc1cc(Sc2ccccc2C(=O)NC)ccc1C(=N)/C=C/c1ccccn1. The van der Waals surface area contributed by atoms with Gasteiger partial charge in [0.1, 0.15) is 13.5 Å². The number of amides is 1. The molecule has 236 valence electrons. The van der Waals surface area contributed by atoms with Crippen molar-refractivity contribution in [1.82, 2.24) is 10.3 Å². The molecular formula is C36H48N4O3S. The van der Waals surface area contributed by atoms with Crippen molar-refractivity contribution >= 4 is 35.1 Å². The zero-order valence-electron chi connectivity index (χ0n) is 26.3. The average Bonchev–Trinajstić information content (AvgIpc) is 3.06. The summed E-state index contributed by atoms with van der Waals surface area (Å²) in [6.07, 6.45) is 18.3. The van der Waals surface area contributed by atoms with Gasteiger partial charge in [-0.05, 0) is 61.0 Å². The van der Waals surface area contributed by atoms with E-state index in [2.05, 4.69) is 22.5 Å². The molecule has 1 amide bonds. The number of nitrogens with zero attached hydrogens (tertiary/aromatic N) is 1. The van der Waals surface area contributed by atoms with Gasteiger partial charge >= 0.3 is 0 Å². The summed E-state index contributed by atoms with van der Waals surface area (Å²) in [6, 6.07) is 19.1. The maximum atomic E-state index is 12.4. The zero-order valence-corrected chi connectivity index (χ0v) is 27.1. The predicted octanol–water partition coefficient (Wildman–Crippen LogP) is 8.95. The summed E-state index contributed by atoms with van der Waals surface area (Å²) in [5.41, 5.74) is 3.24. The monoisotopic (exact) mass is 616 g/mol. The van der Waals surface area contributed by atoms with E-state index in [9.17, 15) is 4.79 Å². The van der Waals surface area contributed by atoms with E-state index >= 15 is 0 Å². The van der Waals surface area contributed by atoms with Gasteiger partial charge in [-0.25, -0.2) is 0 Å². The van der Waals surface area contributed by atoms with Crippen LogP contribution in [0.1, 0.15) is 92.7 Å².